The van der Waals surface area contributed by atoms with Gasteiger partial charge in [0.1, 0.15) is 5.82 Å². The van der Waals surface area contributed by atoms with Crippen molar-refractivity contribution in [3.05, 3.63) is 23.9 Å². The van der Waals surface area contributed by atoms with Crippen LogP contribution in [-0.4, -0.2) is 17.2 Å². The second-order valence-corrected chi connectivity index (χ2v) is 6.20. The van der Waals surface area contributed by atoms with Crippen LogP contribution < -0.4 is 5.73 Å². The van der Waals surface area contributed by atoms with E-state index in [4.69, 9.17) is 10.5 Å². The molecule has 0 aromatic carbocycles. The van der Waals surface area contributed by atoms with Crippen molar-refractivity contribution in [2.45, 2.75) is 57.0 Å². The molecule has 1 unspecified atom stereocenters. The third-order valence-electron chi connectivity index (χ3n) is 4.79. The Morgan fingerprint density at radius 2 is 2.16 bits per heavy atom. The van der Waals surface area contributed by atoms with Gasteiger partial charge in [-0.2, -0.15) is 0 Å². The van der Waals surface area contributed by atoms with E-state index in [1.165, 1.54) is 44.1 Å². The third kappa shape index (κ3) is 2.92. The average molecular weight is 260 g/mol. The molecule has 1 spiro atoms. The van der Waals surface area contributed by atoms with Gasteiger partial charge < -0.3 is 10.5 Å². The van der Waals surface area contributed by atoms with Crippen LogP contribution in [0.25, 0.3) is 0 Å². The summed E-state index contributed by atoms with van der Waals surface area (Å²) in [4.78, 5) is 4.20. The van der Waals surface area contributed by atoms with Crippen LogP contribution in [0.2, 0.25) is 0 Å². The molecule has 2 fully saturated rings. The molecule has 2 heterocycles. The molecule has 0 bridgehead atoms. The molecule has 3 rings (SSSR count). The van der Waals surface area contributed by atoms with Gasteiger partial charge >= 0.3 is 0 Å². The Bertz CT molecular complexity index is 421. The lowest BCUT2D eigenvalue weighted by Gasteiger charge is -2.43. The Morgan fingerprint density at radius 3 is 2.95 bits per heavy atom. The minimum Gasteiger partial charge on any atom is -0.383 e. The van der Waals surface area contributed by atoms with E-state index >= 15 is 0 Å². The van der Waals surface area contributed by atoms with Gasteiger partial charge in [-0.15, -0.1) is 0 Å². The van der Waals surface area contributed by atoms with Gasteiger partial charge in [0, 0.05) is 12.8 Å². The van der Waals surface area contributed by atoms with Gasteiger partial charge in [0.25, 0.3) is 0 Å². The molecule has 1 aromatic rings. The van der Waals surface area contributed by atoms with E-state index in [-0.39, 0.29) is 5.60 Å². The van der Waals surface area contributed by atoms with E-state index in [2.05, 4.69) is 11.1 Å². The molecular formula is C16H24N2O. The summed E-state index contributed by atoms with van der Waals surface area (Å²) >= 11 is 0. The van der Waals surface area contributed by atoms with Crippen LogP contribution >= 0.6 is 0 Å². The zero-order chi connectivity index (χ0) is 13.1. The maximum Gasteiger partial charge on any atom is 0.126 e. The van der Waals surface area contributed by atoms with Crippen molar-refractivity contribution in [2.75, 3.05) is 12.3 Å². The monoisotopic (exact) mass is 260 g/mol. The Kier molecular flexibility index (Phi) is 3.74. The number of nitrogen functional groups attached to an aromatic ring is 1. The topological polar surface area (TPSA) is 48.1 Å². The van der Waals surface area contributed by atoms with Crippen LogP contribution in [0.4, 0.5) is 5.82 Å². The number of aromatic nitrogens is 1. The number of hydrogen-bond donors (Lipinski definition) is 1. The zero-order valence-electron chi connectivity index (χ0n) is 11.6. The largest absolute Gasteiger partial charge is 0.383 e. The van der Waals surface area contributed by atoms with E-state index in [0.29, 0.717) is 11.7 Å². The van der Waals surface area contributed by atoms with Crippen LogP contribution in [0.5, 0.6) is 0 Å². The summed E-state index contributed by atoms with van der Waals surface area (Å²) in [5.41, 5.74) is 7.37. The highest BCUT2D eigenvalue weighted by molar-refractivity contribution is 5.38. The Labute approximate surface area is 115 Å². The van der Waals surface area contributed by atoms with Crippen molar-refractivity contribution in [2.24, 2.45) is 5.92 Å². The highest BCUT2D eigenvalue weighted by Gasteiger charge is 2.38. The van der Waals surface area contributed by atoms with E-state index < -0.39 is 0 Å². The summed E-state index contributed by atoms with van der Waals surface area (Å²) in [6.07, 6.45) is 11.8. The molecule has 0 amide bonds. The Morgan fingerprint density at radius 1 is 1.32 bits per heavy atom. The van der Waals surface area contributed by atoms with Crippen LogP contribution in [0.15, 0.2) is 18.3 Å². The molecular weight excluding hydrogens is 236 g/mol. The smallest absolute Gasteiger partial charge is 0.126 e. The summed E-state index contributed by atoms with van der Waals surface area (Å²) in [7, 11) is 0. The summed E-state index contributed by atoms with van der Waals surface area (Å²) in [5.74, 6) is 1.41. The minimum absolute atomic E-state index is 0.193. The molecule has 3 nitrogen and oxygen atoms in total. The van der Waals surface area contributed by atoms with Gasteiger partial charge in [-0.05, 0) is 49.7 Å². The number of pyridine rings is 1. The quantitative estimate of drug-likeness (QED) is 0.887. The summed E-state index contributed by atoms with van der Waals surface area (Å²) < 4.78 is 6.16. The summed E-state index contributed by atoms with van der Waals surface area (Å²) in [6.45, 7) is 0.921. The van der Waals surface area contributed by atoms with Gasteiger partial charge in [0.15, 0.2) is 0 Å². The third-order valence-corrected chi connectivity index (χ3v) is 4.79. The van der Waals surface area contributed by atoms with Crippen LogP contribution in [0, 0.1) is 5.92 Å². The second-order valence-electron chi connectivity index (χ2n) is 6.20. The molecule has 3 heteroatoms. The molecule has 104 valence electrons. The minimum atomic E-state index is 0.193. The fourth-order valence-electron chi connectivity index (χ4n) is 3.78. The second kappa shape index (κ2) is 5.49. The fraction of sp³-hybridized carbons (Fsp3) is 0.688. The Hall–Kier alpha value is -1.09. The standard InChI is InChI=1S/C16H24N2O/c17-15-14(5-4-9-18-15)11-13-6-10-19-16(12-13)7-2-1-3-8-16/h4-5,9,13H,1-3,6-8,10-12H2,(H2,17,18). The first-order valence-corrected chi connectivity index (χ1v) is 7.61. The van der Waals surface area contributed by atoms with E-state index in [9.17, 15) is 0 Å². The number of hydrogen-bond acceptors (Lipinski definition) is 3. The highest BCUT2D eigenvalue weighted by atomic mass is 16.5. The fourth-order valence-corrected chi connectivity index (χ4v) is 3.78. The van der Waals surface area contributed by atoms with Crippen molar-refractivity contribution in [3.8, 4) is 0 Å². The number of nitrogens with two attached hydrogens (primary N) is 1. The molecule has 1 atom stereocenters. The lowest BCUT2D eigenvalue weighted by atomic mass is 9.74. The number of ether oxygens (including phenoxy) is 1. The lowest BCUT2D eigenvalue weighted by molar-refractivity contribution is -0.117. The van der Waals surface area contributed by atoms with Gasteiger partial charge in [0.2, 0.25) is 0 Å². The predicted molar refractivity (Wildman–Crippen MR) is 76.8 cm³/mol. The molecule has 1 aromatic heterocycles. The lowest BCUT2D eigenvalue weighted by Crippen LogP contribution is -2.42. The van der Waals surface area contributed by atoms with Crippen molar-refractivity contribution < 1.29 is 4.74 Å². The van der Waals surface area contributed by atoms with E-state index in [1.54, 1.807) is 6.20 Å². The molecule has 1 aliphatic carbocycles. The van der Waals surface area contributed by atoms with Gasteiger partial charge in [-0.3, -0.25) is 0 Å². The van der Waals surface area contributed by atoms with Crippen molar-refractivity contribution in [3.63, 3.8) is 0 Å². The SMILES string of the molecule is Nc1ncccc1CC1CCOC2(CCCCC2)C1. The maximum absolute atomic E-state index is 6.16. The van der Waals surface area contributed by atoms with Crippen LogP contribution in [0.3, 0.4) is 0 Å². The number of rotatable bonds is 2. The molecule has 1 saturated heterocycles. The van der Waals surface area contributed by atoms with Crippen molar-refractivity contribution in [1.82, 2.24) is 4.98 Å². The Balaban J connectivity index is 1.67. The van der Waals surface area contributed by atoms with Crippen molar-refractivity contribution >= 4 is 5.82 Å². The first-order valence-electron chi connectivity index (χ1n) is 7.61. The van der Waals surface area contributed by atoms with Crippen molar-refractivity contribution in [1.29, 1.82) is 0 Å². The molecule has 0 radical (unpaired) electrons. The molecule has 2 N–H and O–H groups in total. The van der Waals surface area contributed by atoms with Gasteiger partial charge in [0.05, 0.1) is 5.60 Å². The van der Waals surface area contributed by atoms with Crippen LogP contribution in [0.1, 0.15) is 50.5 Å². The van der Waals surface area contributed by atoms with Crippen LogP contribution in [-0.2, 0) is 11.2 Å². The van der Waals surface area contributed by atoms with Gasteiger partial charge in [-0.25, -0.2) is 4.98 Å². The average Bonchev–Trinajstić information content (AvgIpc) is 2.42. The summed E-state index contributed by atoms with van der Waals surface area (Å²) in [6, 6.07) is 4.10. The van der Waals surface area contributed by atoms with E-state index in [0.717, 1.165) is 19.4 Å². The first-order chi connectivity index (χ1) is 9.27. The van der Waals surface area contributed by atoms with Gasteiger partial charge in [-0.1, -0.05) is 25.3 Å². The highest BCUT2D eigenvalue weighted by Crippen LogP contribution is 2.41. The maximum atomic E-state index is 6.16. The first kappa shape index (κ1) is 12.9. The molecule has 1 saturated carbocycles. The normalized spacial score (nSPS) is 26.4. The molecule has 2 aliphatic rings. The predicted octanol–water partition coefficient (Wildman–Crippen LogP) is 3.34. The summed E-state index contributed by atoms with van der Waals surface area (Å²) in [5, 5.41) is 0. The number of anilines is 1. The zero-order valence-corrected chi connectivity index (χ0v) is 11.6. The molecule has 19 heavy (non-hydrogen) atoms. The number of nitrogens with zero attached hydrogens (tertiary/aromatic N) is 1. The van der Waals surface area contributed by atoms with E-state index in [1.807, 2.05) is 6.07 Å². The molecule has 1 aliphatic heterocycles.